The topological polar surface area (TPSA) is 64.8 Å². The molecule has 0 unspecified atom stereocenters. The van der Waals surface area contributed by atoms with Crippen LogP contribution in [-0.4, -0.2) is 38.5 Å². The first-order chi connectivity index (χ1) is 20.9. The number of halogens is 10. The van der Waals surface area contributed by atoms with Gasteiger partial charge in [0.2, 0.25) is 0 Å². The zero-order valence-electron chi connectivity index (χ0n) is 24.5. The largest absolute Gasteiger partial charge is 0.416 e. The zero-order chi connectivity index (χ0) is 34.5. The number of nitrogens with zero attached hydrogens (tertiary/aromatic N) is 3. The number of hydrogen-bond donors (Lipinski definition) is 0. The summed E-state index contributed by atoms with van der Waals surface area (Å²) >= 11 is 11.7. The Kier molecular flexibility index (Phi) is 15.2. The monoisotopic (exact) mass is 687 g/mol. The zero-order valence-corrected chi connectivity index (χ0v) is 26.1. The third-order valence-corrected chi connectivity index (χ3v) is 5.92. The molecule has 0 bridgehead atoms. The van der Waals surface area contributed by atoms with E-state index in [1.807, 2.05) is 13.0 Å². The van der Waals surface area contributed by atoms with E-state index in [1.54, 1.807) is 12.1 Å². The summed E-state index contributed by atoms with van der Waals surface area (Å²) < 4.78 is 100. The van der Waals surface area contributed by atoms with Gasteiger partial charge >= 0.3 is 12.4 Å². The average Bonchev–Trinajstić information content (AvgIpc) is 2.93. The molecular weight excluding hydrogens is 661 g/mol. The van der Waals surface area contributed by atoms with Crippen molar-refractivity contribution in [2.24, 2.45) is 15.5 Å². The normalized spacial score (nSPS) is 12.4. The third-order valence-electron chi connectivity index (χ3n) is 5.38. The van der Waals surface area contributed by atoms with Crippen molar-refractivity contribution >= 4 is 40.3 Å². The number of benzene rings is 3. The minimum absolute atomic E-state index is 0.0187. The first-order valence-corrected chi connectivity index (χ1v) is 13.1. The van der Waals surface area contributed by atoms with E-state index in [-0.39, 0.29) is 22.6 Å². The van der Waals surface area contributed by atoms with Gasteiger partial charge in [0.05, 0.1) is 33.3 Å². The molecule has 0 aliphatic rings. The van der Waals surface area contributed by atoms with Gasteiger partial charge in [0.15, 0.2) is 0 Å². The molecule has 0 heterocycles. The van der Waals surface area contributed by atoms with Crippen molar-refractivity contribution in [1.29, 1.82) is 0 Å². The predicted molar refractivity (Wildman–Crippen MR) is 157 cm³/mol. The van der Waals surface area contributed by atoms with E-state index in [0.717, 1.165) is 29.5 Å². The van der Waals surface area contributed by atoms with Gasteiger partial charge in [0.25, 0.3) is 0 Å². The molecule has 0 atom stereocenters. The molecule has 0 saturated heterocycles. The molecule has 0 fully saturated rings. The molecule has 0 aliphatic carbocycles. The van der Waals surface area contributed by atoms with Gasteiger partial charge in [-0.25, -0.2) is 8.78 Å². The maximum atomic E-state index is 13.3. The summed E-state index contributed by atoms with van der Waals surface area (Å²) in [5.74, 6) is -1.75. The van der Waals surface area contributed by atoms with Crippen LogP contribution in [0.15, 0.2) is 70.1 Å². The fraction of sp³-hybridized carbons (Fsp3) is 0.276. The van der Waals surface area contributed by atoms with Gasteiger partial charge in [-0.3, -0.25) is 0 Å². The van der Waals surface area contributed by atoms with Crippen LogP contribution < -0.4 is 0 Å². The summed E-state index contributed by atoms with van der Waals surface area (Å²) in [4.78, 5) is 13.4. The van der Waals surface area contributed by atoms with Gasteiger partial charge in [-0.05, 0) is 69.3 Å². The highest BCUT2D eigenvalue weighted by molar-refractivity contribution is 6.37. The van der Waals surface area contributed by atoms with Crippen molar-refractivity contribution in [3.8, 4) is 0 Å². The predicted octanol–water partition coefficient (Wildman–Crippen LogP) is 9.79. The van der Waals surface area contributed by atoms with E-state index in [0.29, 0.717) is 28.2 Å². The van der Waals surface area contributed by atoms with E-state index >= 15 is 0 Å². The van der Waals surface area contributed by atoms with E-state index in [1.165, 1.54) is 35.2 Å². The van der Waals surface area contributed by atoms with Crippen LogP contribution in [0.5, 0.6) is 0 Å². The lowest BCUT2D eigenvalue weighted by atomic mass is 10.1. The van der Waals surface area contributed by atoms with Gasteiger partial charge in [0, 0.05) is 21.7 Å². The summed E-state index contributed by atoms with van der Waals surface area (Å²) in [6.07, 6.45) is -9.05. The van der Waals surface area contributed by atoms with Gasteiger partial charge in [-0.2, -0.15) is 26.3 Å². The van der Waals surface area contributed by atoms with Crippen molar-refractivity contribution in [2.75, 3.05) is 21.3 Å². The molecule has 3 aromatic rings. The summed E-state index contributed by atoms with van der Waals surface area (Å²) in [6.45, 7) is 4.62. The van der Waals surface area contributed by atoms with Crippen molar-refractivity contribution < 1.29 is 49.6 Å². The second-order valence-electron chi connectivity index (χ2n) is 8.59. The molecule has 3 aromatic carbocycles. The maximum Gasteiger partial charge on any atom is 0.416 e. The van der Waals surface area contributed by atoms with Crippen LogP contribution in [0.2, 0.25) is 10.0 Å². The van der Waals surface area contributed by atoms with Crippen LogP contribution in [0.1, 0.15) is 48.6 Å². The van der Waals surface area contributed by atoms with Crippen LogP contribution in [0.25, 0.3) is 0 Å². The van der Waals surface area contributed by atoms with Crippen molar-refractivity contribution in [2.45, 2.75) is 33.1 Å². The van der Waals surface area contributed by atoms with Crippen LogP contribution in [-0.2, 0) is 26.9 Å². The van der Waals surface area contributed by atoms with Gasteiger partial charge < -0.3 is 14.5 Å². The van der Waals surface area contributed by atoms with E-state index < -0.39 is 35.1 Å². The number of hydrogen-bond acceptors (Lipinski definition) is 6. The van der Waals surface area contributed by atoms with Gasteiger partial charge in [0.1, 0.15) is 33.0 Å². The number of rotatable bonds is 6. The third kappa shape index (κ3) is 12.5. The average molecular weight is 688 g/mol. The van der Waals surface area contributed by atoms with Crippen LogP contribution >= 0.6 is 23.2 Å². The minimum atomic E-state index is -4.55. The fourth-order valence-corrected chi connectivity index (χ4v) is 3.85. The van der Waals surface area contributed by atoms with E-state index in [9.17, 15) is 35.1 Å². The maximum absolute atomic E-state index is 13.3. The van der Waals surface area contributed by atoms with Crippen LogP contribution in [0, 0.1) is 11.6 Å². The molecular formula is C29H27Cl2F8N3O3. The molecule has 0 aliphatic heterocycles. The molecule has 0 N–H and O–H groups in total. The Morgan fingerprint density at radius 3 is 1.42 bits per heavy atom. The number of oxime groups is 3. The van der Waals surface area contributed by atoms with E-state index in [4.69, 9.17) is 23.2 Å². The van der Waals surface area contributed by atoms with Crippen molar-refractivity contribution in [3.63, 3.8) is 0 Å². The number of alkyl halides is 6. The lowest BCUT2D eigenvalue weighted by molar-refractivity contribution is -0.138. The SMILES string of the molecule is CON=C(C)c1cc(C(F)(F)F)ccc1F.CON=C(C)c1ccc(C(F)(F)F)cc1F.CON=C(C)c1ccc(Cl)cc1Cl. The lowest BCUT2D eigenvalue weighted by Crippen LogP contribution is -2.08. The highest BCUT2D eigenvalue weighted by Gasteiger charge is 2.32. The Bertz CT molecular complexity index is 1530. The summed E-state index contributed by atoms with van der Waals surface area (Å²) in [7, 11) is 3.99. The smallest absolute Gasteiger partial charge is 0.399 e. The molecule has 0 radical (unpaired) electrons. The van der Waals surface area contributed by atoms with Gasteiger partial charge in [-0.15, -0.1) is 0 Å². The second kappa shape index (κ2) is 17.5. The van der Waals surface area contributed by atoms with E-state index in [2.05, 4.69) is 30.0 Å². The highest BCUT2D eigenvalue weighted by Crippen LogP contribution is 2.31. The lowest BCUT2D eigenvalue weighted by Gasteiger charge is -2.09. The molecule has 3 rings (SSSR count). The second-order valence-corrected chi connectivity index (χ2v) is 9.43. The van der Waals surface area contributed by atoms with Crippen molar-refractivity contribution in [1.82, 2.24) is 0 Å². The molecule has 0 amide bonds. The summed E-state index contributed by atoms with van der Waals surface area (Å²) in [6, 6.07) is 9.64. The Hall–Kier alpha value is -3.91. The Labute approximate surface area is 263 Å². The van der Waals surface area contributed by atoms with Crippen LogP contribution in [0.3, 0.4) is 0 Å². The standard InChI is InChI=1S/2C10H9F4NO.C9H9Cl2NO/c1-6(15-16-2)8-5-7(10(12,13)14)3-4-9(8)11;1-6(15-16-2)8-4-3-7(5-9(8)11)10(12,13)14;1-6(12-13-2)8-4-3-7(10)5-9(8)11/h2*3-5H,1-2H3;3-5H,1-2H3. The van der Waals surface area contributed by atoms with Gasteiger partial charge in [-0.1, -0.05) is 44.7 Å². The van der Waals surface area contributed by atoms with Crippen molar-refractivity contribution in [3.05, 3.63) is 104 Å². The molecule has 0 spiro atoms. The Morgan fingerprint density at radius 1 is 0.556 bits per heavy atom. The molecule has 16 heteroatoms. The molecule has 6 nitrogen and oxygen atoms in total. The quantitative estimate of drug-likeness (QED) is 0.147. The molecule has 0 saturated carbocycles. The minimum Gasteiger partial charge on any atom is -0.399 e. The summed E-state index contributed by atoms with van der Waals surface area (Å²) in [5.41, 5.74) is -0.419. The fourth-order valence-electron chi connectivity index (χ4n) is 3.30. The highest BCUT2D eigenvalue weighted by atomic mass is 35.5. The molecule has 246 valence electrons. The first-order valence-electron chi connectivity index (χ1n) is 12.3. The molecule has 45 heavy (non-hydrogen) atoms. The summed E-state index contributed by atoms with van der Waals surface area (Å²) in [5, 5.41) is 11.8. The Balaban J connectivity index is 0.000000340. The van der Waals surface area contributed by atoms with Crippen LogP contribution in [0.4, 0.5) is 35.1 Å². The molecule has 0 aromatic heterocycles. The Morgan fingerprint density at radius 2 is 0.978 bits per heavy atom. The first kappa shape index (κ1) is 39.1.